The minimum absolute atomic E-state index is 0.0694. The zero-order valence-corrected chi connectivity index (χ0v) is 13.9. The molecular weight excluding hydrogens is 358 g/mol. The Balaban J connectivity index is 1.83. The molecular formula is C17H11N3O5S. The number of benzene rings is 1. The van der Waals surface area contributed by atoms with Crippen molar-refractivity contribution in [1.82, 2.24) is 10.3 Å². The number of carboxylic acid groups (broad SMARTS) is 1. The molecule has 26 heavy (non-hydrogen) atoms. The molecule has 2 heterocycles. The zero-order valence-electron chi connectivity index (χ0n) is 13.1. The second kappa shape index (κ2) is 7.19. The average Bonchev–Trinajstić information content (AvgIpc) is 2.92. The van der Waals surface area contributed by atoms with E-state index < -0.39 is 23.0 Å². The van der Waals surface area contributed by atoms with Gasteiger partial charge in [0.25, 0.3) is 17.1 Å². The van der Waals surface area contributed by atoms with Gasteiger partial charge in [-0.3, -0.25) is 24.7 Å². The zero-order chi connectivity index (χ0) is 18.7. The van der Waals surface area contributed by atoms with Gasteiger partial charge < -0.3 is 10.4 Å². The maximum atomic E-state index is 12.3. The van der Waals surface area contributed by atoms with Gasteiger partial charge in [0, 0.05) is 18.1 Å². The molecule has 0 atom stereocenters. The monoisotopic (exact) mass is 369 g/mol. The quantitative estimate of drug-likeness (QED) is 0.706. The van der Waals surface area contributed by atoms with E-state index in [2.05, 4.69) is 15.6 Å². The van der Waals surface area contributed by atoms with Gasteiger partial charge >= 0.3 is 5.97 Å². The third kappa shape index (κ3) is 3.78. The number of pyridine rings is 1. The van der Waals surface area contributed by atoms with Gasteiger partial charge in [-0.05, 0) is 41.6 Å². The predicted octanol–water partition coefficient (Wildman–Crippen LogP) is 2.36. The molecule has 9 heteroatoms. The summed E-state index contributed by atoms with van der Waals surface area (Å²) < 4.78 is 0. The molecule has 130 valence electrons. The molecule has 1 aliphatic rings. The van der Waals surface area contributed by atoms with Crippen LogP contribution in [0.3, 0.4) is 0 Å². The summed E-state index contributed by atoms with van der Waals surface area (Å²) >= 11 is 0.791. The second-order valence-corrected chi connectivity index (χ2v) is 6.17. The number of anilines is 1. The van der Waals surface area contributed by atoms with E-state index in [0.717, 1.165) is 11.8 Å². The summed E-state index contributed by atoms with van der Waals surface area (Å²) in [5.74, 6) is -2.33. The topological polar surface area (TPSA) is 125 Å². The van der Waals surface area contributed by atoms with Gasteiger partial charge in [0.1, 0.15) is 0 Å². The Morgan fingerprint density at radius 3 is 2.69 bits per heavy atom. The van der Waals surface area contributed by atoms with Gasteiger partial charge in [-0.2, -0.15) is 0 Å². The third-order valence-electron chi connectivity index (χ3n) is 3.38. The first-order chi connectivity index (χ1) is 12.4. The summed E-state index contributed by atoms with van der Waals surface area (Å²) in [6.07, 6.45) is 3.99. The molecule has 8 nitrogen and oxygen atoms in total. The van der Waals surface area contributed by atoms with Crippen LogP contribution in [0.1, 0.15) is 26.3 Å². The smallest absolute Gasteiger partial charge is 0.336 e. The van der Waals surface area contributed by atoms with E-state index in [4.69, 9.17) is 5.11 Å². The molecule has 1 fully saturated rings. The van der Waals surface area contributed by atoms with Crippen molar-refractivity contribution in [3.8, 4) is 0 Å². The lowest BCUT2D eigenvalue weighted by Gasteiger charge is -2.08. The molecule has 0 radical (unpaired) electrons. The Kier molecular flexibility index (Phi) is 4.81. The minimum atomic E-state index is -1.23. The first kappa shape index (κ1) is 17.4. The van der Waals surface area contributed by atoms with Crippen molar-refractivity contribution in [2.75, 3.05) is 5.32 Å². The number of carbonyl (C=O) groups is 4. The number of amides is 3. The van der Waals surface area contributed by atoms with Crippen LogP contribution in [0.4, 0.5) is 10.5 Å². The first-order valence-electron chi connectivity index (χ1n) is 7.27. The lowest BCUT2D eigenvalue weighted by molar-refractivity contribution is -0.115. The van der Waals surface area contributed by atoms with E-state index >= 15 is 0 Å². The molecule has 3 N–H and O–H groups in total. The second-order valence-electron chi connectivity index (χ2n) is 5.16. The van der Waals surface area contributed by atoms with Gasteiger partial charge in [0.2, 0.25) is 0 Å². The lowest BCUT2D eigenvalue weighted by atomic mass is 10.1. The third-order valence-corrected chi connectivity index (χ3v) is 4.19. The molecule has 0 spiro atoms. The standard InChI is InChI=1S/C17H11N3O5S/c21-14(12-8-18-5-4-11(12)16(23)24)19-10-3-1-2-9(6-10)7-13-15(22)20-17(25)26-13/h1-8H,(H,19,21)(H,23,24)(H,20,22,25)/b13-7+. The summed E-state index contributed by atoms with van der Waals surface area (Å²) in [6.45, 7) is 0. The molecule has 0 aliphatic carbocycles. The number of rotatable bonds is 4. The molecule has 1 aliphatic heterocycles. The van der Waals surface area contributed by atoms with Crippen molar-refractivity contribution in [3.05, 3.63) is 64.3 Å². The van der Waals surface area contributed by atoms with Crippen LogP contribution in [0, 0.1) is 0 Å². The number of thioether (sulfide) groups is 1. The number of nitrogens with one attached hydrogen (secondary N) is 2. The Hall–Kier alpha value is -3.46. The average molecular weight is 369 g/mol. The summed E-state index contributed by atoms with van der Waals surface area (Å²) in [5, 5.41) is 13.5. The number of carboxylic acids is 1. The fraction of sp³-hybridized carbons (Fsp3) is 0. The molecule has 0 saturated carbocycles. The fourth-order valence-corrected chi connectivity index (χ4v) is 2.92. The van der Waals surface area contributed by atoms with Gasteiger partial charge in [-0.15, -0.1) is 0 Å². The van der Waals surface area contributed by atoms with Crippen LogP contribution >= 0.6 is 11.8 Å². The highest BCUT2D eigenvalue weighted by atomic mass is 32.2. The maximum absolute atomic E-state index is 12.3. The summed E-state index contributed by atoms with van der Waals surface area (Å²) in [5.41, 5.74) is 0.771. The van der Waals surface area contributed by atoms with Crippen LogP contribution in [-0.4, -0.2) is 33.1 Å². The van der Waals surface area contributed by atoms with Crippen LogP contribution in [0.25, 0.3) is 6.08 Å². The molecule has 1 aromatic carbocycles. The molecule has 2 aromatic rings. The number of aromatic carboxylic acids is 1. The molecule has 3 amide bonds. The molecule has 3 rings (SSSR count). The summed E-state index contributed by atoms with van der Waals surface area (Å²) in [4.78, 5) is 50.4. The van der Waals surface area contributed by atoms with E-state index in [-0.39, 0.29) is 16.0 Å². The van der Waals surface area contributed by atoms with E-state index in [1.54, 1.807) is 24.3 Å². The van der Waals surface area contributed by atoms with Crippen LogP contribution in [0.15, 0.2) is 47.6 Å². The van der Waals surface area contributed by atoms with Gasteiger partial charge in [-0.1, -0.05) is 12.1 Å². The van der Waals surface area contributed by atoms with Crippen molar-refractivity contribution >= 4 is 46.5 Å². The highest BCUT2D eigenvalue weighted by Crippen LogP contribution is 2.26. The SMILES string of the molecule is O=C1NC(=O)/C(=C\c2cccc(NC(=O)c3cnccc3C(=O)O)c2)S1. The van der Waals surface area contributed by atoms with Gasteiger partial charge in [-0.25, -0.2) is 4.79 Å². The molecule has 0 unspecified atom stereocenters. The summed E-state index contributed by atoms with van der Waals surface area (Å²) in [6, 6.07) is 7.81. The number of aromatic nitrogens is 1. The van der Waals surface area contributed by atoms with Crippen molar-refractivity contribution in [2.45, 2.75) is 0 Å². The van der Waals surface area contributed by atoms with Gasteiger partial charge in [0.15, 0.2) is 0 Å². The van der Waals surface area contributed by atoms with Crippen LogP contribution in [0.2, 0.25) is 0 Å². The Bertz CT molecular complexity index is 970. The first-order valence-corrected chi connectivity index (χ1v) is 8.09. The van der Waals surface area contributed by atoms with Crippen LogP contribution in [0.5, 0.6) is 0 Å². The van der Waals surface area contributed by atoms with E-state index in [0.29, 0.717) is 11.3 Å². The Morgan fingerprint density at radius 1 is 1.19 bits per heavy atom. The molecule has 1 aromatic heterocycles. The number of hydrogen-bond acceptors (Lipinski definition) is 6. The highest BCUT2D eigenvalue weighted by molar-refractivity contribution is 8.18. The van der Waals surface area contributed by atoms with E-state index in [1.165, 1.54) is 24.5 Å². The lowest BCUT2D eigenvalue weighted by Crippen LogP contribution is -2.17. The van der Waals surface area contributed by atoms with Crippen molar-refractivity contribution in [1.29, 1.82) is 0 Å². The summed E-state index contributed by atoms with van der Waals surface area (Å²) in [7, 11) is 0. The Labute approximate surface area is 151 Å². The van der Waals surface area contributed by atoms with Crippen molar-refractivity contribution in [2.24, 2.45) is 0 Å². The minimum Gasteiger partial charge on any atom is -0.478 e. The van der Waals surface area contributed by atoms with E-state index in [9.17, 15) is 19.2 Å². The predicted molar refractivity (Wildman–Crippen MR) is 94.7 cm³/mol. The number of imide groups is 1. The molecule has 0 bridgehead atoms. The van der Waals surface area contributed by atoms with Crippen LogP contribution < -0.4 is 10.6 Å². The largest absolute Gasteiger partial charge is 0.478 e. The van der Waals surface area contributed by atoms with E-state index in [1.807, 2.05) is 0 Å². The number of nitrogens with zero attached hydrogens (tertiary/aromatic N) is 1. The van der Waals surface area contributed by atoms with Crippen molar-refractivity contribution in [3.63, 3.8) is 0 Å². The van der Waals surface area contributed by atoms with Crippen molar-refractivity contribution < 1.29 is 24.3 Å². The number of carbonyl (C=O) groups excluding carboxylic acids is 3. The fourth-order valence-electron chi connectivity index (χ4n) is 2.24. The highest BCUT2D eigenvalue weighted by Gasteiger charge is 2.25. The maximum Gasteiger partial charge on any atom is 0.336 e. The van der Waals surface area contributed by atoms with Gasteiger partial charge in [0.05, 0.1) is 16.0 Å². The normalized spacial score (nSPS) is 15.0. The number of hydrogen-bond donors (Lipinski definition) is 3. The Morgan fingerprint density at radius 2 is 2.00 bits per heavy atom. The van der Waals surface area contributed by atoms with Crippen LogP contribution in [-0.2, 0) is 4.79 Å². The molecule has 1 saturated heterocycles.